The third-order valence-corrected chi connectivity index (χ3v) is 6.06. The van der Waals surface area contributed by atoms with Gasteiger partial charge in [-0.25, -0.2) is 13.1 Å². The molecule has 0 saturated carbocycles. The summed E-state index contributed by atoms with van der Waals surface area (Å²) >= 11 is 0. The monoisotopic (exact) mass is 455 g/mol. The fraction of sp³-hybridized carbons (Fsp3) is 0.300. The molecule has 1 aliphatic rings. The second-order valence-corrected chi connectivity index (χ2v) is 8.80. The van der Waals surface area contributed by atoms with Crippen LogP contribution in [0.15, 0.2) is 53.4 Å². The van der Waals surface area contributed by atoms with Gasteiger partial charge in [0.1, 0.15) is 6.54 Å². The zero-order valence-corrected chi connectivity index (χ0v) is 17.1. The molecule has 2 amide bonds. The van der Waals surface area contributed by atoms with Crippen molar-refractivity contribution in [2.24, 2.45) is 0 Å². The lowest BCUT2D eigenvalue weighted by atomic mass is 10.1. The molecule has 1 heterocycles. The van der Waals surface area contributed by atoms with Crippen molar-refractivity contribution in [3.63, 3.8) is 0 Å². The van der Waals surface area contributed by atoms with Crippen LogP contribution in [-0.2, 0) is 21.4 Å². The molecule has 0 radical (unpaired) electrons. The molecular weight excluding hydrogens is 435 g/mol. The minimum atomic E-state index is -4.67. The fourth-order valence-electron chi connectivity index (χ4n) is 3.03. The molecule has 1 saturated heterocycles. The molecule has 166 valence electrons. The van der Waals surface area contributed by atoms with Crippen LogP contribution < -0.4 is 10.0 Å². The van der Waals surface area contributed by atoms with Gasteiger partial charge in [0, 0.05) is 30.8 Å². The molecule has 1 aliphatic heterocycles. The summed E-state index contributed by atoms with van der Waals surface area (Å²) < 4.78 is 61.9. The number of alkyl halides is 3. The first-order chi connectivity index (χ1) is 14.5. The highest BCUT2D eigenvalue weighted by Gasteiger charge is 2.30. The van der Waals surface area contributed by atoms with E-state index in [1.807, 2.05) is 0 Å². The second kappa shape index (κ2) is 9.06. The van der Waals surface area contributed by atoms with E-state index in [-0.39, 0.29) is 16.5 Å². The summed E-state index contributed by atoms with van der Waals surface area (Å²) in [4.78, 5) is 25.5. The summed E-state index contributed by atoms with van der Waals surface area (Å²) in [7, 11) is -4.32. The van der Waals surface area contributed by atoms with Crippen molar-refractivity contribution in [3.8, 4) is 0 Å². The summed E-state index contributed by atoms with van der Waals surface area (Å²) in [5, 5.41) is 2.59. The zero-order chi connectivity index (χ0) is 22.6. The normalized spacial score (nSPS) is 14.7. The molecule has 0 spiro atoms. The lowest BCUT2D eigenvalue weighted by Gasteiger charge is -2.15. The SMILES string of the molecule is O=C(Nc1ccc(S(=O)(=O)NCC(F)(F)F)cc1)c1ccc(CN2CCCC2=O)cc1. The quantitative estimate of drug-likeness (QED) is 0.671. The van der Waals surface area contributed by atoms with Crippen molar-refractivity contribution in [2.75, 3.05) is 18.4 Å². The molecule has 7 nitrogen and oxygen atoms in total. The summed E-state index contributed by atoms with van der Waals surface area (Å²) in [6, 6.07) is 11.5. The van der Waals surface area contributed by atoms with Gasteiger partial charge in [0.2, 0.25) is 15.9 Å². The smallest absolute Gasteiger partial charge is 0.338 e. The van der Waals surface area contributed by atoms with Crippen LogP contribution >= 0.6 is 0 Å². The number of hydrogen-bond donors (Lipinski definition) is 2. The van der Waals surface area contributed by atoms with Crippen molar-refractivity contribution in [1.82, 2.24) is 9.62 Å². The van der Waals surface area contributed by atoms with E-state index in [1.165, 1.54) is 16.9 Å². The lowest BCUT2D eigenvalue weighted by Crippen LogP contribution is -2.33. The Hall–Kier alpha value is -2.92. The van der Waals surface area contributed by atoms with Gasteiger partial charge in [0.25, 0.3) is 5.91 Å². The fourth-order valence-corrected chi connectivity index (χ4v) is 4.05. The Morgan fingerprint density at radius 2 is 1.68 bits per heavy atom. The van der Waals surface area contributed by atoms with E-state index in [1.54, 1.807) is 29.2 Å². The molecule has 0 atom stereocenters. The predicted octanol–water partition coefficient (Wildman–Crippen LogP) is 2.90. The zero-order valence-electron chi connectivity index (χ0n) is 16.3. The molecule has 0 unspecified atom stereocenters. The summed E-state index contributed by atoms with van der Waals surface area (Å²) in [5.41, 5.74) is 1.54. The number of hydrogen-bond acceptors (Lipinski definition) is 4. The van der Waals surface area contributed by atoms with Crippen LogP contribution in [0, 0.1) is 0 Å². The van der Waals surface area contributed by atoms with Crippen molar-refractivity contribution < 1.29 is 31.2 Å². The number of sulfonamides is 1. The number of amides is 2. The molecular formula is C20H20F3N3O4S. The minimum Gasteiger partial charge on any atom is -0.338 e. The molecule has 2 aromatic rings. The van der Waals surface area contributed by atoms with E-state index >= 15 is 0 Å². The van der Waals surface area contributed by atoms with Crippen molar-refractivity contribution in [2.45, 2.75) is 30.5 Å². The summed E-state index contributed by atoms with van der Waals surface area (Å²) in [5.74, 6) is -0.324. The Morgan fingerprint density at radius 3 is 2.23 bits per heavy atom. The maximum Gasteiger partial charge on any atom is 0.402 e. The Kier molecular flexibility index (Phi) is 6.65. The van der Waals surface area contributed by atoms with Crippen LogP contribution in [-0.4, -0.2) is 44.4 Å². The minimum absolute atomic E-state index is 0.112. The van der Waals surface area contributed by atoms with Gasteiger partial charge in [-0.1, -0.05) is 12.1 Å². The first-order valence-electron chi connectivity index (χ1n) is 9.38. The maximum atomic E-state index is 12.4. The molecule has 0 aromatic heterocycles. The van der Waals surface area contributed by atoms with Crippen molar-refractivity contribution >= 4 is 27.5 Å². The van der Waals surface area contributed by atoms with Gasteiger partial charge >= 0.3 is 6.18 Å². The Balaban J connectivity index is 1.59. The molecule has 0 aliphatic carbocycles. The van der Waals surface area contributed by atoms with Gasteiger partial charge in [-0.2, -0.15) is 13.2 Å². The third-order valence-electron chi connectivity index (χ3n) is 4.65. The molecule has 2 N–H and O–H groups in total. The first kappa shape index (κ1) is 22.8. The van der Waals surface area contributed by atoms with E-state index in [0.717, 1.165) is 30.7 Å². The average Bonchev–Trinajstić information content (AvgIpc) is 3.11. The molecule has 31 heavy (non-hydrogen) atoms. The van der Waals surface area contributed by atoms with E-state index in [2.05, 4.69) is 5.32 Å². The number of nitrogens with zero attached hydrogens (tertiary/aromatic N) is 1. The molecule has 2 aromatic carbocycles. The Morgan fingerprint density at radius 1 is 1.03 bits per heavy atom. The largest absolute Gasteiger partial charge is 0.402 e. The molecule has 0 bridgehead atoms. The number of anilines is 1. The van der Waals surface area contributed by atoms with Gasteiger partial charge in [-0.3, -0.25) is 9.59 Å². The standard InChI is InChI=1S/C20H20F3N3O4S/c21-20(22,23)13-24-31(29,30)17-9-7-16(8-10-17)25-19(28)15-5-3-14(4-6-15)12-26-11-1-2-18(26)27/h3-10,24H,1-2,11-13H2,(H,25,28). The van der Waals surface area contributed by atoms with Crippen LogP contribution in [0.5, 0.6) is 0 Å². The van der Waals surface area contributed by atoms with Gasteiger partial charge in [-0.15, -0.1) is 0 Å². The van der Waals surface area contributed by atoms with E-state index in [9.17, 15) is 31.2 Å². The van der Waals surface area contributed by atoms with Crippen molar-refractivity contribution in [3.05, 3.63) is 59.7 Å². The maximum absolute atomic E-state index is 12.4. The number of carbonyl (C=O) groups is 2. The third kappa shape index (κ3) is 6.28. The van der Waals surface area contributed by atoms with Crippen LogP contribution in [0.25, 0.3) is 0 Å². The summed E-state index contributed by atoms with van der Waals surface area (Å²) in [6.45, 7) is -0.465. The van der Waals surface area contributed by atoms with Crippen LogP contribution in [0.2, 0.25) is 0 Å². The topological polar surface area (TPSA) is 95.6 Å². The van der Waals surface area contributed by atoms with Crippen molar-refractivity contribution in [1.29, 1.82) is 0 Å². The predicted molar refractivity (Wildman–Crippen MR) is 107 cm³/mol. The van der Waals surface area contributed by atoms with Crippen LogP contribution in [0.3, 0.4) is 0 Å². The average molecular weight is 455 g/mol. The highest BCUT2D eigenvalue weighted by Crippen LogP contribution is 2.18. The lowest BCUT2D eigenvalue weighted by molar-refractivity contribution is -0.128. The molecule has 1 fully saturated rings. The van der Waals surface area contributed by atoms with E-state index in [4.69, 9.17) is 0 Å². The second-order valence-electron chi connectivity index (χ2n) is 7.03. The molecule has 3 rings (SSSR count). The molecule has 11 heteroatoms. The highest BCUT2D eigenvalue weighted by atomic mass is 32.2. The number of rotatable bonds is 7. The van der Waals surface area contributed by atoms with Gasteiger partial charge in [0.05, 0.1) is 4.90 Å². The van der Waals surface area contributed by atoms with Gasteiger partial charge in [-0.05, 0) is 48.4 Å². The Bertz CT molecular complexity index is 1050. The van der Waals surface area contributed by atoms with Crippen LogP contribution in [0.1, 0.15) is 28.8 Å². The highest BCUT2D eigenvalue weighted by molar-refractivity contribution is 7.89. The first-order valence-corrected chi connectivity index (χ1v) is 10.9. The number of nitrogens with one attached hydrogen (secondary N) is 2. The summed E-state index contributed by atoms with van der Waals surface area (Å²) in [6.07, 6.45) is -3.27. The van der Waals surface area contributed by atoms with E-state index < -0.39 is 28.7 Å². The number of halogens is 3. The Labute approximate surface area is 177 Å². The van der Waals surface area contributed by atoms with Gasteiger partial charge < -0.3 is 10.2 Å². The van der Waals surface area contributed by atoms with Gasteiger partial charge in [0.15, 0.2) is 0 Å². The number of benzene rings is 2. The van der Waals surface area contributed by atoms with E-state index in [0.29, 0.717) is 18.5 Å². The number of likely N-dealkylation sites (tertiary alicyclic amines) is 1. The van der Waals surface area contributed by atoms with Crippen LogP contribution in [0.4, 0.5) is 18.9 Å². The number of carbonyl (C=O) groups excluding carboxylic acids is 2.